The van der Waals surface area contributed by atoms with E-state index in [-0.39, 0.29) is 11.5 Å². The largest absolute Gasteiger partial charge is 0.339 e. The zero-order valence-electron chi connectivity index (χ0n) is 12.5. The predicted octanol–water partition coefficient (Wildman–Crippen LogP) is 0.827. The summed E-state index contributed by atoms with van der Waals surface area (Å²) in [6.45, 7) is 3.90. The second-order valence-electron chi connectivity index (χ2n) is 5.72. The van der Waals surface area contributed by atoms with Crippen molar-refractivity contribution in [3.63, 3.8) is 0 Å². The lowest BCUT2D eigenvalue weighted by Gasteiger charge is -2.31. The Morgan fingerprint density at radius 3 is 2.82 bits per heavy atom. The molecule has 7 nitrogen and oxygen atoms in total. The molecule has 2 aromatic rings. The highest BCUT2D eigenvalue weighted by atomic mass is 16.2. The number of aromatic nitrogens is 4. The topological polar surface area (TPSA) is 83.9 Å². The summed E-state index contributed by atoms with van der Waals surface area (Å²) < 4.78 is 1.54. The van der Waals surface area contributed by atoms with Crippen LogP contribution in [0.1, 0.15) is 28.9 Å². The molecule has 1 aliphatic heterocycles. The van der Waals surface area contributed by atoms with Crippen LogP contribution >= 0.6 is 0 Å². The van der Waals surface area contributed by atoms with Gasteiger partial charge in [0.15, 0.2) is 0 Å². The molecule has 0 aromatic carbocycles. The number of carbonyl (C=O) groups excluding carboxylic acids is 1. The van der Waals surface area contributed by atoms with E-state index in [1.807, 2.05) is 11.8 Å². The van der Waals surface area contributed by atoms with Crippen molar-refractivity contribution in [2.24, 2.45) is 5.92 Å². The Bertz CT molecular complexity index is 699. The van der Waals surface area contributed by atoms with Crippen LogP contribution in [0, 0.1) is 12.8 Å². The Kier molecular flexibility index (Phi) is 4.04. The maximum atomic E-state index is 12.2. The molecular formula is C15H19N5O2. The number of likely N-dealkylation sites (tertiary alicyclic amines) is 1. The van der Waals surface area contributed by atoms with Gasteiger partial charge in [-0.05, 0) is 31.7 Å². The second-order valence-corrected chi connectivity index (χ2v) is 5.72. The third kappa shape index (κ3) is 3.08. The van der Waals surface area contributed by atoms with Gasteiger partial charge in [-0.3, -0.25) is 14.7 Å². The number of hydrogen-bond donors (Lipinski definition) is 1. The molecule has 1 saturated heterocycles. The van der Waals surface area contributed by atoms with Crippen molar-refractivity contribution >= 4 is 5.91 Å². The number of aryl methyl sites for hydroxylation is 1. The molecular weight excluding hydrogens is 282 g/mol. The number of H-pyrrole nitrogens is 1. The van der Waals surface area contributed by atoms with Crippen molar-refractivity contribution in [1.82, 2.24) is 24.9 Å². The van der Waals surface area contributed by atoms with Gasteiger partial charge in [0.05, 0.1) is 17.5 Å². The fourth-order valence-corrected chi connectivity index (χ4v) is 2.80. The molecule has 2 aromatic heterocycles. The van der Waals surface area contributed by atoms with Crippen molar-refractivity contribution in [2.45, 2.75) is 26.3 Å². The highest BCUT2D eigenvalue weighted by Crippen LogP contribution is 2.19. The first-order valence-corrected chi connectivity index (χ1v) is 7.46. The summed E-state index contributed by atoms with van der Waals surface area (Å²) in [4.78, 5) is 25.9. The normalized spacial score (nSPS) is 16.0. The highest BCUT2D eigenvalue weighted by molar-refractivity contribution is 5.93. The van der Waals surface area contributed by atoms with E-state index in [4.69, 9.17) is 0 Å². The van der Waals surface area contributed by atoms with E-state index in [0.717, 1.165) is 18.5 Å². The van der Waals surface area contributed by atoms with Gasteiger partial charge in [-0.2, -0.15) is 10.2 Å². The molecule has 1 amide bonds. The van der Waals surface area contributed by atoms with Crippen molar-refractivity contribution in [1.29, 1.82) is 0 Å². The molecule has 0 radical (unpaired) electrons. The van der Waals surface area contributed by atoms with Crippen LogP contribution in [0.25, 0.3) is 0 Å². The van der Waals surface area contributed by atoms with Gasteiger partial charge in [-0.15, -0.1) is 0 Å². The number of nitrogens with one attached hydrogen (secondary N) is 1. The van der Waals surface area contributed by atoms with Crippen molar-refractivity contribution in [3.05, 3.63) is 46.1 Å². The molecule has 116 valence electrons. The molecule has 0 bridgehead atoms. The van der Waals surface area contributed by atoms with Crippen LogP contribution in [0.3, 0.4) is 0 Å². The Morgan fingerprint density at radius 2 is 2.14 bits per heavy atom. The van der Waals surface area contributed by atoms with E-state index in [1.54, 1.807) is 24.5 Å². The quantitative estimate of drug-likeness (QED) is 0.910. The number of aromatic amines is 1. The monoisotopic (exact) mass is 301 g/mol. The minimum absolute atomic E-state index is 0.0121. The molecule has 0 aliphatic carbocycles. The van der Waals surface area contributed by atoms with Crippen LogP contribution in [0.5, 0.6) is 0 Å². The molecule has 1 N–H and O–H groups in total. The standard InChI is InChI=1S/C15H19N5O2/c1-11-2-3-14(21)20(18-11)10-12-4-6-19(7-5-12)15(22)13-8-16-17-9-13/h2-3,8-9,12H,4-7,10H2,1H3,(H,16,17). The first kappa shape index (κ1) is 14.5. The van der Waals surface area contributed by atoms with Crippen molar-refractivity contribution in [3.8, 4) is 0 Å². The highest BCUT2D eigenvalue weighted by Gasteiger charge is 2.24. The molecule has 22 heavy (non-hydrogen) atoms. The van der Waals surface area contributed by atoms with Crippen LogP contribution in [0.2, 0.25) is 0 Å². The van der Waals surface area contributed by atoms with Gasteiger partial charge >= 0.3 is 0 Å². The summed E-state index contributed by atoms with van der Waals surface area (Å²) in [5, 5.41) is 10.7. The lowest BCUT2D eigenvalue weighted by Crippen LogP contribution is -2.40. The Balaban J connectivity index is 1.59. The maximum Gasteiger partial charge on any atom is 0.266 e. The lowest BCUT2D eigenvalue weighted by atomic mass is 9.96. The van der Waals surface area contributed by atoms with Gasteiger partial charge in [0.1, 0.15) is 0 Å². The average Bonchev–Trinajstić information content (AvgIpc) is 3.05. The summed E-state index contributed by atoms with van der Waals surface area (Å²) in [5.74, 6) is 0.387. The summed E-state index contributed by atoms with van der Waals surface area (Å²) in [6.07, 6.45) is 4.92. The molecule has 0 spiro atoms. The number of nitrogens with zero attached hydrogens (tertiary/aromatic N) is 4. The van der Waals surface area contributed by atoms with E-state index in [1.165, 1.54) is 4.68 Å². The zero-order chi connectivity index (χ0) is 15.5. The van der Waals surface area contributed by atoms with Gasteiger partial charge in [-0.25, -0.2) is 4.68 Å². The SMILES string of the molecule is Cc1ccc(=O)n(CC2CCN(C(=O)c3cn[nH]c3)CC2)n1. The number of amides is 1. The van der Waals surface area contributed by atoms with E-state index in [9.17, 15) is 9.59 Å². The van der Waals surface area contributed by atoms with Crippen LogP contribution in [0.15, 0.2) is 29.3 Å². The second kappa shape index (κ2) is 6.13. The Labute approximate surface area is 128 Å². The van der Waals surface area contributed by atoms with E-state index in [0.29, 0.717) is 31.1 Å². The minimum atomic E-state index is -0.0671. The van der Waals surface area contributed by atoms with Gasteiger partial charge in [0, 0.05) is 31.9 Å². The minimum Gasteiger partial charge on any atom is -0.339 e. The molecule has 1 aliphatic rings. The van der Waals surface area contributed by atoms with Crippen molar-refractivity contribution < 1.29 is 4.79 Å². The smallest absolute Gasteiger partial charge is 0.266 e. The number of carbonyl (C=O) groups is 1. The molecule has 0 unspecified atom stereocenters. The van der Waals surface area contributed by atoms with Gasteiger partial charge in [0.2, 0.25) is 0 Å². The molecule has 0 atom stereocenters. The van der Waals surface area contributed by atoms with Gasteiger partial charge in [-0.1, -0.05) is 0 Å². The first-order valence-electron chi connectivity index (χ1n) is 7.46. The molecule has 1 fully saturated rings. The van der Waals surface area contributed by atoms with Crippen LogP contribution < -0.4 is 5.56 Å². The van der Waals surface area contributed by atoms with Gasteiger partial charge < -0.3 is 4.90 Å². The lowest BCUT2D eigenvalue weighted by molar-refractivity contribution is 0.0680. The number of piperidine rings is 1. The Morgan fingerprint density at radius 1 is 1.36 bits per heavy atom. The van der Waals surface area contributed by atoms with Crippen LogP contribution in [0.4, 0.5) is 0 Å². The van der Waals surface area contributed by atoms with Crippen LogP contribution in [-0.4, -0.2) is 43.9 Å². The predicted molar refractivity (Wildman–Crippen MR) is 80.4 cm³/mol. The van der Waals surface area contributed by atoms with Crippen LogP contribution in [-0.2, 0) is 6.54 Å². The number of rotatable bonds is 3. The summed E-state index contributed by atoms with van der Waals surface area (Å²) in [5.41, 5.74) is 1.37. The van der Waals surface area contributed by atoms with Gasteiger partial charge in [0.25, 0.3) is 11.5 Å². The number of hydrogen-bond acceptors (Lipinski definition) is 4. The fourth-order valence-electron chi connectivity index (χ4n) is 2.80. The third-order valence-corrected chi connectivity index (χ3v) is 4.08. The van der Waals surface area contributed by atoms with E-state index in [2.05, 4.69) is 15.3 Å². The Hall–Kier alpha value is -2.44. The maximum absolute atomic E-state index is 12.2. The summed E-state index contributed by atoms with van der Waals surface area (Å²) in [6, 6.07) is 3.28. The fraction of sp³-hybridized carbons (Fsp3) is 0.467. The first-order chi connectivity index (χ1) is 10.6. The summed E-state index contributed by atoms with van der Waals surface area (Å²) >= 11 is 0. The van der Waals surface area contributed by atoms with E-state index < -0.39 is 0 Å². The summed E-state index contributed by atoms with van der Waals surface area (Å²) in [7, 11) is 0. The molecule has 3 heterocycles. The van der Waals surface area contributed by atoms with E-state index >= 15 is 0 Å². The third-order valence-electron chi connectivity index (χ3n) is 4.08. The molecule has 7 heteroatoms. The molecule has 0 saturated carbocycles. The van der Waals surface area contributed by atoms with Crippen molar-refractivity contribution in [2.75, 3.05) is 13.1 Å². The zero-order valence-corrected chi connectivity index (χ0v) is 12.5. The average molecular weight is 301 g/mol. The molecule has 3 rings (SSSR count).